The molecule has 0 saturated heterocycles. The van der Waals surface area contributed by atoms with Crippen LogP contribution in [0.25, 0.3) is 0 Å². The van der Waals surface area contributed by atoms with Gasteiger partial charge in [0.25, 0.3) is 0 Å². The van der Waals surface area contributed by atoms with Gasteiger partial charge < -0.3 is 14.2 Å². The molecule has 2 aromatic rings. The first kappa shape index (κ1) is 37.9. The van der Waals surface area contributed by atoms with Crippen LogP contribution >= 0.6 is 11.6 Å². The second-order valence-corrected chi connectivity index (χ2v) is 13.3. The molecule has 46 heavy (non-hydrogen) atoms. The first-order chi connectivity index (χ1) is 22.4. The van der Waals surface area contributed by atoms with Gasteiger partial charge in [-0.1, -0.05) is 108 Å². The molecule has 3 rings (SSSR count). The molecule has 5 nitrogen and oxygen atoms in total. The molecule has 2 aromatic carbocycles. The van der Waals surface area contributed by atoms with E-state index >= 15 is 0 Å². The van der Waals surface area contributed by atoms with E-state index in [9.17, 15) is 14.0 Å². The smallest absolute Gasteiger partial charge is 0.343 e. The maximum atomic E-state index is 13.9. The molecule has 0 spiro atoms. The van der Waals surface area contributed by atoms with Gasteiger partial charge in [-0.2, -0.15) is 0 Å². The highest BCUT2D eigenvalue weighted by Gasteiger charge is 2.27. The predicted octanol–water partition coefficient (Wildman–Crippen LogP) is 11.4. The second kappa shape index (κ2) is 22.1. The average molecular weight is 659 g/mol. The molecule has 0 aliphatic heterocycles. The summed E-state index contributed by atoms with van der Waals surface area (Å²) >= 11 is 6.42. The molecule has 0 amide bonds. The van der Waals surface area contributed by atoms with Gasteiger partial charge in [0.2, 0.25) is 0 Å². The second-order valence-electron chi connectivity index (χ2n) is 12.9. The topological polar surface area (TPSA) is 61.8 Å². The van der Waals surface area contributed by atoms with E-state index in [1.54, 1.807) is 18.2 Å². The van der Waals surface area contributed by atoms with Crippen molar-refractivity contribution in [2.75, 3.05) is 6.61 Å². The molecule has 0 aromatic heterocycles. The lowest BCUT2D eigenvalue weighted by atomic mass is 9.83. The molecule has 0 bridgehead atoms. The molecule has 1 atom stereocenters. The van der Waals surface area contributed by atoms with Gasteiger partial charge in [-0.25, -0.2) is 14.0 Å². The first-order valence-electron chi connectivity index (χ1n) is 18.0. The van der Waals surface area contributed by atoms with Crippen LogP contribution < -0.4 is 9.47 Å². The van der Waals surface area contributed by atoms with Crippen LogP contribution in [0.3, 0.4) is 0 Å². The number of carbonyl (C=O) groups excluding carboxylic acids is 2. The number of halogens is 2. The van der Waals surface area contributed by atoms with Gasteiger partial charge in [-0.05, 0) is 93.2 Å². The van der Waals surface area contributed by atoms with Crippen molar-refractivity contribution >= 4 is 23.5 Å². The molecule has 7 heteroatoms. The zero-order valence-electron chi connectivity index (χ0n) is 28.2. The Hall–Kier alpha value is -2.60. The van der Waals surface area contributed by atoms with E-state index in [0.717, 1.165) is 57.8 Å². The fourth-order valence-corrected chi connectivity index (χ4v) is 6.29. The highest BCUT2D eigenvalue weighted by Crippen LogP contribution is 2.31. The number of hydrogen-bond donors (Lipinski definition) is 0. The van der Waals surface area contributed by atoms with Crippen LogP contribution in [0.2, 0.25) is 5.02 Å². The number of benzene rings is 2. The zero-order valence-corrected chi connectivity index (χ0v) is 29.0. The quantitative estimate of drug-likeness (QED) is 0.0715. The predicted molar refractivity (Wildman–Crippen MR) is 185 cm³/mol. The van der Waals surface area contributed by atoms with E-state index in [1.165, 1.54) is 56.9 Å². The Morgan fingerprint density at radius 1 is 0.826 bits per heavy atom. The summed E-state index contributed by atoms with van der Waals surface area (Å²) in [5.41, 5.74) is 1.56. The Morgan fingerprint density at radius 2 is 1.46 bits per heavy atom. The van der Waals surface area contributed by atoms with Crippen LogP contribution in [0.1, 0.15) is 145 Å². The molecule has 1 fully saturated rings. The lowest BCUT2D eigenvalue weighted by Gasteiger charge is -2.28. The van der Waals surface area contributed by atoms with Crippen molar-refractivity contribution in [3.8, 4) is 11.5 Å². The minimum atomic E-state index is -1.50. The van der Waals surface area contributed by atoms with Crippen molar-refractivity contribution < 1.29 is 28.2 Å². The van der Waals surface area contributed by atoms with E-state index < -0.39 is 18.1 Å². The Labute approximate surface area is 281 Å². The molecule has 0 N–H and O–H groups in total. The SMILES string of the molecule is CCCCCCCCCCCCOc1ccc(C(=O)Oc2ccc(CC[C@H]3CC[C@H](OC(=O)[C@H](F)CCCC)CC3)cc2)cc1Cl. The van der Waals surface area contributed by atoms with Crippen molar-refractivity contribution in [1.82, 2.24) is 0 Å². The fourth-order valence-electron chi connectivity index (χ4n) is 6.06. The number of ether oxygens (including phenoxy) is 3. The normalized spacial score (nSPS) is 17.0. The van der Waals surface area contributed by atoms with Gasteiger partial charge in [0.1, 0.15) is 17.6 Å². The van der Waals surface area contributed by atoms with Crippen LogP contribution in [0.5, 0.6) is 11.5 Å². The Kier molecular flexibility index (Phi) is 18.2. The van der Waals surface area contributed by atoms with Crippen molar-refractivity contribution in [2.45, 2.75) is 148 Å². The third-order valence-corrected chi connectivity index (χ3v) is 9.34. The lowest BCUT2D eigenvalue weighted by molar-refractivity contribution is -0.157. The molecule has 1 aliphatic carbocycles. The number of esters is 2. The molecule has 1 saturated carbocycles. The summed E-state index contributed by atoms with van der Waals surface area (Å²) in [5, 5.41) is 0.405. The van der Waals surface area contributed by atoms with Gasteiger partial charge in [-0.15, -0.1) is 0 Å². The largest absolute Gasteiger partial charge is 0.492 e. The van der Waals surface area contributed by atoms with Gasteiger partial charge in [0.15, 0.2) is 6.17 Å². The van der Waals surface area contributed by atoms with Crippen LogP contribution in [0.4, 0.5) is 4.39 Å². The number of rotatable bonds is 22. The summed E-state index contributed by atoms with van der Waals surface area (Å²) in [5.74, 6) is 0.474. The van der Waals surface area contributed by atoms with Crippen molar-refractivity contribution in [3.63, 3.8) is 0 Å². The zero-order chi connectivity index (χ0) is 33.0. The highest BCUT2D eigenvalue weighted by molar-refractivity contribution is 6.32. The van der Waals surface area contributed by atoms with Crippen LogP contribution in [0, 0.1) is 5.92 Å². The number of carbonyl (C=O) groups is 2. The van der Waals surface area contributed by atoms with Crippen molar-refractivity contribution in [1.29, 1.82) is 0 Å². The molecular formula is C39H56ClFO5. The van der Waals surface area contributed by atoms with Gasteiger partial charge >= 0.3 is 11.9 Å². The summed E-state index contributed by atoms with van der Waals surface area (Å²) < 4.78 is 30.8. The maximum absolute atomic E-state index is 13.9. The third-order valence-electron chi connectivity index (χ3n) is 9.04. The summed E-state index contributed by atoms with van der Waals surface area (Å²) in [4.78, 5) is 24.7. The summed E-state index contributed by atoms with van der Waals surface area (Å²) in [6.07, 6.45) is 18.4. The molecule has 0 unspecified atom stereocenters. The Bertz CT molecular complexity index is 1150. The minimum absolute atomic E-state index is 0.162. The van der Waals surface area contributed by atoms with E-state index in [4.69, 9.17) is 25.8 Å². The van der Waals surface area contributed by atoms with Gasteiger partial charge in [0.05, 0.1) is 17.2 Å². The first-order valence-corrected chi connectivity index (χ1v) is 18.3. The van der Waals surface area contributed by atoms with Crippen molar-refractivity contribution in [2.24, 2.45) is 5.92 Å². The molecule has 1 aliphatic rings. The molecule has 256 valence electrons. The lowest BCUT2D eigenvalue weighted by Crippen LogP contribution is -2.29. The summed E-state index contributed by atoms with van der Waals surface area (Å²) in [6.45, 7) is 4.85. The summed E-state index contributed by atoms with van der Waals surface area (Å²) in [6, 6.07) is 12.7. The fraction of sp³-hybridized carbons (Fsp3) is 0.641. The highest BCUT2D eigenvalue weighted by atomic mass is 35.5. The molecule has 0 heterocycles. The summed E-state index contributed by atoms with van der Waals surface area (Å²) in [7, 11) is 0. The molecular weight excluding hydrogens is 603 g/mol. The minimum Gasteiger partial charge on any atom is -0.492 e. The standard InChI is InChI=1S/C39H56ClFO5/c1-3-5-7-8-9-10-11-12-13-14-28-44-37-27-22-32(29-35(37)40)38(42)45-33-23-18-30(19-24-33)16-17-31-20-25-34(26-21-31)46-39(43)36(41)15-6-4-2/h18-19,22-24,27,29,31,34,36H,3-17,20-21,25-26,28H2,1-2H3/t31-,34-,36-/m1/s1. The van der Waals surface area contributed by atoms with E-state index in [0.29, 0.717) is 41.0 Å². The number of alkyl halides is 1. The van der Waals surface area contributed by atoms with Crippen molar-refractivity contribution in [3.05, 3.63) is 58.6 Å². The Morgan fingerprint density at radius 3 is 2.09 bits per heavy atom. The number of hydrogen-bond acceptors (Lipinski definition) is 5. The maximum Gasteiger partial charge on any atom is 0.343 e. The van der Waals surface area contributed by atoms with Gasteiger partial charge in [0, 0.05) is 0 Å². The number of aryl methyl sites for hydroxylation is 1. The Balaban J connectivity index is 1.30. The average Bonchev–Trinajstić information content (AvgIpc) is 3.07. The van der Waals surface area contributed by atoms with Crippen LogP contribution in [0.15, 0.2) is 42.5 Å². The number of unbranched alkanes of at least 4 members (excludes halogenated alkanes) is 10. The third kappa shape index (κ3) is 14.4. The van der Waals surface area contributed by atoms with E-state index in [2.05, 4.69) is 6.92 Å². The van der Waals surface area contributed by atoms with Crippen LogP contribution in [-0.4, -0.2) is 30.8 Å². The molecule has 0 radical (unpaired) electrons. The van der Waals surface area contributed by atoms with E-state index in [1.807, 2.05) is 31.2 Å². The van der Waals surface area contributed by atoms with Gasteiger partial charge in [-0.3, -0.25) is 0 Å². The van der Waals surface area contributed by atoms with Crippen LogP contribution in [-0.2, 0) is 16.0 Å². The monoisotopic (exact) mass is 658 g/mol. The van der Waals surface area contributed by atoms with E-state index in [-0.39, 0.29) is 12.5 Å².